The standard InChI is InChI=1S/C15H12BrClN2O/c16-13-6-12(3-4-14(13)17)19-15(20)9-1-2-10-7-18-8-11(10)5-9/h1-6,18H,7-8H2,(H,19,20). The summed E-state index contributed by atoms with van der Waals surface area (Å²) in [5, 5.41) is 6.75. The molecule has 20 heavy (non-hydrogen) atoms. The molecule has 0 unspecified atom stereocenters. The quantitative estimate of drug-likeness (QED) is 0.860. The largest absolute Gasteiger partial charge is 0.322 e. The SMILES string of the molecule is O=C(Nc1ccc(Cl)c(Br)c1)c1ccc2c(c1)CNC2. The summed E-state index contributed by atoms with van der Waals surface area (Å²) in [6.07, 6.45) is 0. The van der Waals surface area contributed by atoms with Crippen LogP contribution in [0.5, 0.6) is 0 Å². The first-order chi connectivity index (χ1) is 9.63. The van der Waals surface area contributed by atoms with Crippen molar-refractivity contribution >= 4 is 39.1 Å². The summed E-state index contributed by atoms with van der Waals surface area (Å²) in [6.45, 7) is 1.70. The van der Waals surface area contributed by atoms with Crippen molar-refractivity contribution < 1.29 is 4.79 Å². The van der Waals surface area contributed by atoms with Gasteiger partial charge in [-0.25, -0.2) is 0 Å². The van der Waals surface area contributed by atoms with Crippen molar-refractivity contribution in [3.05, 3.63) is 62.6 Å². The lowest BCUT2D eigenvalue weighted by Crippen LogP contribution is -2.12. The van der Waals surface area contributed by atoms with Crippen LogP contribution in [-0.4, -0.2) is 5.91 Å². The molecule has 0 bridgehead atoms. The van der Waals surface area contributed by atoms with Gasteiger partial charge in [0.15, 0.2) is 0 Å². The Morgan fingerprint density at radius 3 is 2.75 bits per heavy atom. The van der Waals surface area contributed by atoms with E-state index in [4.69, 9.17) is 11.6 Å². The summed E-state index contributed by atoms with van der Waals surface area (Å²) in [5.74, 6) is -0.117. The molecule has 5 heteroatoms. The molecule has 0 radical (unpaired) electrons. The van der Waals surface area contributed by atoms with E-state index in [-0.39, 0.29) is 5.91 Å². The lowest BCUT2D eigenvalue weighted by molar-refractivity contribution is 0.102. The van der Waals surface area contributed by atoms with Crippen molar-refractivity contribution in [2.24, 2.45) is 0 Å². The van der Waals surface area contributed by atoms with Gasteiger partial charge in [-0.15, -0.1) is 0 Å². The second kappa shape index (κ2) is 5.56. The molecule has 2 aromatic rings. The van der Waals surface area contributed by atoms with Gasteiger partial charge in [-0.05, 0) is 57.4 Å². The summed E-state index contributed by atoms with van der Waals surface area (Å²) in [7, 11) is 0. The van der Waals surface area contributed by atoms with Gasteiger partial charge < -0.3 is 10.6 Å². The molecule has 3 nitrogen and oxygen atoms in total. The summed E-state index contributed by atoms with van der Waals surface area (Å²) in [5.41, 5.74) is 3.83. The van der Waals surface area contributed by atoms with Crippen LogP contribution in [0, 0.1) is 0 Å². The maximum atomic E-state index is 12.2. The van der Waals surface area contributed by atoms with Crippen molar-refractivity contribution in [1.29, 1.82) is 0 Å². The number of rotatable bonds is 2. The van der Waals surface area contributed by atoms with Crippen LogP contribution in [0.25, 0.3) is 0 Å². The second-order valence-electron chi connectivity index (χ2n) is 4.67. The number of amides is 1. The first-order valence-corrected chi connectivity index (χ1v) is 7.39. The molecule has 0 aromatic heterocycles. The average molecular weight is 352 g/mol. The van der Waals surface area contributed by atoms with E-state index in [1.165, 1.54) is 11.1 Å². The van der Waals surface area contributed by atoms with E-state index in [9.17, 15) is 4.79 Å². The van der Waals surface area contributed by atoms with Gasteiger partial charge in [-0.2, -0.15) is 0 Å². The highest BCUT2D eigenvalue weighted by Gasteiger charge is 2.13. The zero-order valence-electron chi connectivity index (χ0n) is 10.5. The minimum absolute atomic E-state index is 0.117. The van der Waals surface area contributed by atoms with Crippen LogP contribution in [0.3, 0.4) is 0 Å². The van der Waals surface area contributed by atoms with Gasteiger partial charge in [-0.3, -0.25) is 4.79 Å². The molecule has 0 saturated heterocycles. The number of benzene rings is 2. The highest BCUT2D eigenvalue weighted by Crippen LogP contribution is 2.26. The fraction of sp³-hybridized carbons (Fsp3) is 0.133. The Balaban J connectivity index is 1.80. The molecular weight excluding hydrogens is 340 g/mol. The van der Waals surface area contributed by atoms with Crippen LogP contribution >= 0.6 is 27.5 Å². The Hall–Kier alpha value is -1.36. The Bertz CT molecular complexity index is 688. The molecule has 0 spiro atoms. The monoisotopic (exact) mass is 350 g/mol. The van der Waals surface area contributed by atoms with E-state index in [0.29, 0.717) is 16.3 Å². The maximum absolute atomic E-state index is 12.2. The molecular formula is C15H12BrClN2O. The predicted molar refractivity (Wildman–Crippen MR) is 84.1 cm³/mol. The second-order valence-corrected chi connectivity index (χ2v) is 5.93. The van der Waals surface area contributed by atoms with Crippen LogP contribution < -0.4 is 10.6 Å². The summed E-state index contributed by atoms with van der Waals surface area (Å²) < 4.78 is 0.759. The molecule has 2 N–H and O–H groups in total. The molecule has 3 rings (SSSR count). The van der Waals surface area contributed by atoms with E-state index in [0.717, 1.165) is 17.6 Å². The topological polar surface area (TPSA) is 41.1 Å². The summed E-state index contributed by atoms with van der Waals surface area (Å²) in [6, 6.07) is 11.1. The van der Waals surface area contributed by atoms with E-state index in [1.54, 1.807) is 18.2 Å². The van der Waals surface area contributed by atoms with Crippen LogP contribution in [0.4, 0.5) is 5.69 Å². The van der Waals surface area contributed by atoms with Crippen molar-refractivity contribution in [3.8, 4) is 0 Å². The smallest absolute Gasteiger partial charge is 0.255 e. The van der Waals surface area contributed by atoms with E-state index in [1.807, 2.05) is 18.2 Å². The van der Waals surface area contributed by atoms with Gasteiger partial charge in [-0.1, -0.05) is 17.7 Å². The number of anilines is 1. The number of carbonyl (C=O) groups is 1. The first kappa shape index (κ1) is 13.6. The third-order valence-electron chi connectivity index (χ3n) is 3.28. The van der Waals surface area contributed by atoms with Gasteiger partial charge in [0.05, 0.1) is 5.02 Å². The van der Waals surface area contributed by atoms with E-state index < -0.39 is 0 Å². The Kier molecular flexibility index (Phi) is 3.78. The minimum atomic E-state index is -0.117. The lowest BCUT2D eigenvalue weighted by atomic mass is 10.1. The van der Waals surface area contributed by atoms with Crippen molar-refractivity contribution in [2.75, 3.05) is 5.32 Å². The normalized spacial score (nSPS) is 13.1. The molecule has 102 valence electrons. The van der Waals surface area contributed by atoms with Gasteiger partial charge in [0.25, 0.3) is 5.91 Å². The van der Waals surface area contributed by atoms with E-state index in [2.05, 4.69) is 26.6 Å². The number of hydrogen-bond acceptors (Lipinski definition) is 2. The Morgan fingerprint density at radius 1 is 1.15 bits per heavy atom. The molecule has 0 atom stereocenters. The van der Waals surface area contributed by atoms with Crippen LogP contribution in [0.15, 0.2) is 40.9 Å². The maximum Gasteiger partial charge on any atom is 0.255 e. The fourth-order valence-electron chi connectivity index (χ4n) is 2.21. The van der Waals surface area contributed by atoms with Crippen LogP contribution in [-0.2, 0) is 13.1 Å². The van der Waals surface area contributed by atoms with Crippen molar-refractivity contribution in [2.45, 2.75) is 13.1 Å². The van der Waals surface area contributed by atoms with Gasteiger partial charge in [0.2, 0.25) is 0 Å². The molecule has 1 heterocycles. The van der Waals surface area contributed by atoms with E-state index >= 15 is 0 Å². The first-order valence-electron chi connectivity index (χ1n) is 6.22. The van der Waals surface area contributed by atoms with Gasteiger partial charge in [0.1, 0.15) is 0 Å². The fourth-order valence-corrected chi connectivity index (χ4v) is 2.71. The number of halogens is 2. The molecule has 1 aliphatic heterocycles. The number of fused-ring (bicyclic) bond motifs is 1. The van der Waals surface area contributed by atoms with Crippen molar-refractivity contribution in [3.63, 3.8) is 0 Å². The zero-order valence-corrected chi connectivity index (χ0v) is 12.9. The summed E-state index contributed by atoms with van der Waals surface area (Å²) >= 11 is 9.27. The third kappa shape index (κ3) is 2.73. The number of carbonyl (C=O) groups excluding carboxylic acids is 1. The molecule has 1 amide bonds. The third-order valence-corrected chi connectivity index (χ3v) is 4.49. The molecule has 2 aromatic carbocycles. The predicted octanol–water partition coefficient (Wildman–Crippen LogP) is 3.96. The Morgan fingerprint density at radius 2 is 1.95 bits per heavy atom. The number of hydrogen-bond donors (Lipinski definition) is 2. The van der Waals surface area contributed by atoms with Gasteiger partial charge >= 0.3 is 0 Å². The summed E-state index contributed by atoms with van der Waals surface area (Å²) in [4.78, 5) is 12.2. The molecule has 0 fully saturated rings. The van der Waals surface area contributed by atoms with Gasteiger partial charge in [0, 0.05) is 28.8 Å². The molecule has 0 aliphatic carbocycles. The molecule has 0 saturated carbocycles. The highest BCUT2D eigenvalue weighted by molar-refractivity contribution is 9.10. The lowest BCUT2D eigenvalue weighted by Gasteiger charge is -2.08. The average Bonchev–Trinajstić information content (AvgIpc) is 2.90. The zero-order chi connectivity index (χ0) is 14.1. The van der Waals surface area contributed by atoms with Crippen molar-refractivity contribution in [1.82, 2.24) is 5.32 Å². The van der Waals surface area contributed by atoms with Crippen LogP contribution in [0.2, 0.25) is 5.02 Å². The highest BCUT2D eigenvalue weighted by atomic mass is 79.9. The Labute approximate surface area is 130 Å². The minimum Gasteiger partial charge on any atom is -0.322 e. The van der Waals surface area contributed by atoms with Crippen LogP contribution in [0.1, 0.15) is 21.5 Å². The molecule has 1 aliphatic rings. The number of nitrogens with one attached hydrogen (secondary N) is 2.